The molecule has 0 radical (unpaired) electrons. The van der Waals surface area contributed by atoms with E-state index in [9.17, 15) is 4.79 Å². The number of rotatable bonds is 6. The molecule has 2 saturated heterocycles. The quantitative estimate of drug-likeness (QED) is 0.803. The number of likely N-dealkylation sites (tertiary alicyclic amines) is 1. The van der Waals surface area contributed by atoms with E-state index >= 15 is 0 Å². The standard InChI is InChI=1S/C15H22N2O3S/c1-19-6-4-16-15(18)14-8-12-13(20-14)2-5-17(12)9-11-3-7-21-10-11/h3,7,10,12-14H,2,4-6,8-9H2,1H3,(H,16,18)/t12-,13-,14+/m0/s1. The fourth-order valence-corrected chi connectivity index (χ4v) is 3.86. The van der Waals surface area contributed by atoms with Crippen molar-refractivity contribution in [1.82, 2.24) is 10.2 Å². The Balaban J connectivity index is 1.52. The topological polar surface area (TPSA) is 50.8 Å². The average Bonchev–Trinajstić information content (AvgIpc) is 3.18. The molecule has 0 saturated carbocycles. The second-order valence-corrected chi connectivity index (χ2v) is 6.42. The first-order valence-corrected chi connectivity index (χ1v) is 8.39. The highest BCUT2D eigenvalue weighted by Crippen LogP contribution is 2.34. The lowest BCUT2D eigenvalue weighted by atomic mass is 10.1. The highest BCUT2D eigenvalue weighted by Gasteiger charge is 2.45. The minimum absolute atomic E-state index is 0.00284. The zero-order chi connectivity index (χ0) is 14.7. The molecular formula is C15H22N2O3S. The molecule has 1 aromatic heterocycles. The Morgan fingerprint density at radius 2 is 2.52 bits per heavy atom. The summed E-state index contributed by atoms with van der Waals surface area (Å²) in [6.07, 6.45) is 1.73. The molecule has 2 aliphatic heterocycles. The molecule has 0 bridgehead atoms. The van der Waals surface area contributed by atoms with Crippen molar-refractivity contribution in [2.24, 2.45) is 0 Å². The largest absolute Gasteiger partial charge is 0.383 e. The van der Waals surface area contributed by atoms with E-state index in [4.69, 9.17) is 9.47 Å². The Morgan fingerprint density at radius 3 is 3.29 bits per heavy atom. The molecule has 2 fully saturated rings. The van der Waals surface area contributed by atoms with Crippen LogP contribution in [0.2, 0.25) is 0 Å². The first-order chi connectivity index (χ1) is 10.3. The van der Waals surface area contributed by atoms with Crippen molar-refractivity contribution < 1.29 is 14.3 Å². The summed E-state index contributed by atoms with van der Waals surface area (Å²) in [6, 6.07) is 2.55. The molecule has 3 heterocycles. The van der Waals surface area contributed by atoms with Gasteiger partial charge in [0.2, 0.25) is 5.91 Å². The van der Waals surface area contributed by atoms with Gasteiger partial charge in [0.1, 0.15) is 6.10 Å². The highest BCUT2D eigenvalue weighted by molar-refractivity contribution is 7.07. The third kappa shape index (κ3) is 3.45. The van der Waals surface area contributed by atoms with E-state index < -0.39 is 0 Å². The number of ether oxygens (including phenoxy) is 2. The zero-order valence-corrected chi connectivity index (χ0v) is 13.1. The summed E-state index contributed by atoms with van der Waals surface area (Å²) in [6.45, 7) is 3.11. The van der Waals surface area contributed by atoms with Crippen LogP contribution < -0.4 is 5.32 Å². The van der Waals surface area contributed by atoms with Gasteiger partial charge in [-0.25, -0.2) is 0 Å². The van der Waals surface area contributed by atoms with Gasteiger partial charge in [0.25, 0.3) is 0 Å². The summed E-state index contributed by atoms with van der Waals surface area (Å²) in [5, 5.41) is 7.17. The van der Waals surface area contributed by atoms with E-state index in [0.717, 1.165) is 25.9 Å². The Bertz CT molecular complexity index is 465. The summed E-state index contributed by atoms with van der Waals surface area (Å²) < 4.78 is 10.9. The van der Waals surface area contributed by atoms with Gasteiger partial charge in [-0.05, 0) is 28.8 Å². The molecular weight excluding hydrogens is 288 g/mol. The van der Waals surface area contributed by atoms with Crippen LogP contribution in [0, 0.1) is 0 Å². The number of carbonyl (C=O) groups excluding carboxylic acids is 1. The molecule has 1 amide bonds. The van der Waals surface area contributed by atoms with Crippen LogP contribution in [-0.4, -0.2) is 55.9 Å². The minimum Gasteiger partial charge on any atom is -0.383 e. The number of methoxy groups -OCH3 is 1. The molecule has 2 aliphatic rings. The summed E-state index contributed by atoms with van der Waals surface area (Å²) in [7, 11) is 1.63. The minimum atomic E-state index is -0.304. The number of nitrogens with zero attached hydrogens (tertiary/aromatic N) is 1. The lowest BCUT2D eigenvalue weighted by Crippen LogP contribution is -2.37. The second-order valence-electron chi connectivity index (χ2n) is 5.64. The third-order valence-electron chi connectivity index (χ3n) is 4.26. The van der Waals surface area contributed by atoms with Crippen LogP contribution in [-0.2, 0) is 20.8 Å². The molecule has 1 N–H and O–H groups in total. The predicted molar refractivity (Wildman–Crippen MR) is 81.3 cm³/mol. The molecule has 0 aromatic carbocycles. The average molecular weight is 310 g/mol. The summed E-state index contributed by atoms with van der Waals surface area (Å²) in [5.41, 5.74) is 1.36. The molecule has 116 valence electrons. The number of hydrogen-bond acceptors (Lipinski definition) is 5. The smallest absolute Gasteiger partial charge is 0.249 e. The lowest BCUT2D eigenvalue weighted by Gasteiger charge is -2.22. The molecule has 21 heavy (non-hydrogen) atoms. The molecule has 0 unspecified atom stereocenters. The van der Waals surface area contributed by atoms with Gasteiger partial charge >= 0.3 is 0 Å². The predicted octanol–water partition coefficient (Wildman–Crippen LogP) is 1.24. The molecule has 6 heteroatoms. The highest BCUT2D eigenvalue weighted by atomic mass is 32.1. The first-order valence-electron chi connectivity index (χ1n) is 7.45. The molecule has 3 atom stereocenters. The zero-order valence-electron chi connectivity index (χ0n) is 12.3. The van der Waals surface area contributed by atoms with Crippen LogP contribution in [0.15, 0.2) is 16.8 Å². The Morgan fingerprint density at radius 1 is 1.62 bits per heavy atom. The van der Waals surface area contributed by atoms with Crippen molar-refractivity contribution >= 4 is 17.2 Å². The SMILES string of the molecule is COCCNC(=O)[C@H]1C[C@H]2[C@H](CCN2Cc2ccsc2)O1. The normalized spacial score (nSPS) is 28.7. The van der Waals surface area contributed by atoms with Gasteiger partial charge < -0.3 is 14.8 Å². The molecule has 5 nitrogen and oxygen atoms in total. The number of carbonyl (C=O) groups is 1. The van der Waals surface area contributed by atoms with E-state index in [-0.39, 0.29) is 18.1 Å². The Hall–Kier alpha value is -0.950. The van der Waals surface area contributed by atoms with E-state index in [2.05, 4.69) is 27.0 Å². The van der Waals surface area contributed by atoms with Gasteiger partial charge in [-0.2, -0.15) is 11.3 Å². The van der Waals surface area contributed by atoms with Crippen molar-refractivity contribution in [2.75, 3.05) is 26.8 Å². The molecule has 3 rings (SSSR count). The maximum atomic E-state index is 12.1. The fraction of sp³-hybridized carbons (Fsp3) is 0.667. The van der Waals surface area contributed by atoms with E-state index in [1.54, 1.807) is 18.4 Å². The van der Waals surface area contributed by atoms with Crippen LogP contribution in [0.1, 0.15) is 18.4 Å². The third-order valence-corrected chi connectivity index (χ3v) is 4.99. The van der Waals surface area contributed by atoms with Gasteiger partial charge in [-0.15, -0.1) is 0 Å². The summed E-state index contributed by atoms with van der Waals surface area (Å²) in [4.78, 5) is 14.5. The Labute approximate surface area is 129 Å². The van der Waals surface area contributed by atoms with Gasteiger partial charge in [0.05, 0.1) is 12.7 Å². The van der Waals surface area contributed by atoms with E-state index in [0.29, 0.717) is 19.2 Å². The number of fused-ring (bicyclic) bond motifs is 1. The number of amides is 1. The van der Waals surface area contributed by atoms with Crippen molar-refractivity contribution in [3.63, 3.8) is 0 Å². The van der Waals surface area contributed by atoms with Gasteiger partial charge in [-0.3, -0.25) is 9.69 Å². The number of nitrogens with one attached hydrogen (secondary N) is 1. The van der Waals surface area contributed by atoms with Crippen LogP contribution in [0.3, 0.4) is 0 Å². The van der Waals surface area contributed by atoms with Gasteiger partial charge in [-0.1, -0.05) is 0 Å². The lowest BCUT2D eigenvalue weighted by molar-refractivity contribution is -0.132. The Kier molecular flexibility index (Phi) is 4.90. The maximum Gasteiger partial charge on any atom is 0.249 e. The van der Waals surface area contributed by atoms with Crippen molar-refractivity contribution in [2.45, 2.75) is 37.6 Å². The van der Waals surface area contributed by atoms with Gasteiger partial charge in [0.15, 0.2) is 0 Å². The van der Waals surface area contributed by atoms with E-state index in [1.165, 1.54) is 5.56 Å². The van der Waals surface area contributed by atoms with Crippen LogP contribution in [0.5, 0.6) is 0 Å². The summed E-state index contributed by atoms with van der Waals surface area (Å²) in [5.74, 6) is -0.00284. The molecule has 1 aromatic rings. The van der Waals surface area contributed by atoms with Crippen LogP contribution in [0.4, 0.5) is 0 Å². The monoisotopic (exact) mass is 310 g/mol. The van der Waals surface area contributed by atoms with Crippen molar-refractivity contribution in [3.05, 3.63) is 22.4 Å². The van der Waals surface area contributed by atoms with Gasteiger partial charge in [0, 0.05) is 39.2 Å². The van der Waals surface area contributed by atoms with Crippen molar-refractivity contribution in [3.8, 4) is 0 Å². The molecule has 0 spiro atoms. The molecule has 0 aliphatic carbocycles. The first kappa shape index (κ1) is 15.0. The van der Waals surface area contributed by atoms with Crippen molar-refractivity contribution in [1.29, 1.82) is 0 Å². The number of thiophene rings is 1. The maximum absolute atomic E-state index is 12.1. The summed E-state index contributed by atoms with van der Waals surface area (Å²) >= 11 is 1.73. The number of hydrogen-bond donors (Lipinski definition) is 1. The second kappa shape index (κ2) is 6.87. The van der Waals surface area contributed by atoms with Crippen LogP contribution >= 0.6 is 11.3 Å². The van der Waals surface area contributed by atoms with Crippen LogP contribution in [0.25, 0.3) is 0 Å². The van der Waals surface area contributed by atoms with E-state index in [1.807, 2.05) is 0 Å². The fourth-order valence-electron chi connectivity index (χ4n) is 3.20.